The zero-order valence-electron chi connectivity index (χ0n) is 16.6. The number of benzene rings is 1. The molecule has 1 saturated carbocycles. The lowest BCUT2D eigenvalue weighted by atomic mass is 9.79. The maximum Gasteiger partial charge on any atom is 0.274 e. The summed E-state index contributed by atoms with van der Waals surface area (Å²) < 4.78 is 2.10. The van der Waals surface area contributed by atoms with Gasteiger partial charge in [0, 0.05) is 22.6 Å². The van der Waals surface area contributed by atoms with E-state index in [0.29, 0.717) is 5.56 Å². The quantitative estimate of drug-likeness (QED) is 0.370. The monoisotopic (exact) mass is 418 g/mol. The number of hydrogen-bond donors (Lipinski definition) is 2. The second-order valence-electron chi connectivity index (χ2n) is 7.82. The van der Waals surface area contributed by atoms with Gasteiger partial charge in [-0.05, 0) is 49.6 Å². The second-order valence-corrected chi connectivity index (χ2v) is 8.68. The van der Waals surface area contributed by atoms with Gasteiger partial charge >= 0.3 is 0 Å². The molecule has 1 aliphatic carbocycles. The lowest BCUT2D eigenvalue weighted by Crippen LogP contribution is -2.24. The Balaban J connectivity index is 1.57. The zero-order valence-corrected chi connectivity index (χ0v) is 17.4. The van der Waals surface area contributed by atoms with Crippen LogP contribution in [0.3, 0.4) is 0 Å². The van der Waals surface area contributed by atoms with Gasteiger partial charge in [0.05, 0.1) is 11.4 Å². The van der Waals surface area contributed by atoms with Crippen molar-refractivity contribution in [2.24, 2.45) is 0 Å². The van der Waals surface area contributed by atoms with Crippen molar-refractivity contribution in [2.45, 2.75) is 38.0 Å². The summed E-state index contributed by atoms with van der Waals surface area (Å²) in [7, 11) is 0. The van der Waals surface area contributed by atoms with Crippen molar-refractivity contribution >= 4 is 22.9 Å². The third-order valence-corrected chi connectivity index (χ3v) is 7.17. The van der Waals surface area contributed by atoms with Gasteiger partial charge in [0.25, 0.3) is 5.91 Å². The molecule has 0 unspecified atom stereocenters. The smallest absolute Gasteiger partial charge is 0.274 e. The number of carbonyl (C=O) groups excluding carboxylic acids is 1. The number of hydrogen-bond acceptors (Lipinski definition) is 5. The number of thiazole rings is 1. The van der Waals surface area contributed by atoms with E-state index in [9.17, 15) is 4.79 Å². The van der Waals surface area contributed by atoms with Crippen LogP contribution in [0.2, 0.25) is 0 Å². The normalized spacial score (nSPS) is 15.5. The van der Waals surface area contributed by atoms with E-state index in [-0.39, 0.29) is 5.41 Å². The van der Waals surface area contributed by atoms with Crippen LogP contribution in [0.4, 0.5) is 0 Å². The molecule has 4 aromatic rings. The number of aryl methyl sites for hydroxylation is 1. The number of imidazole rings is 1. The van der Waals surface area contributed by atoms with E-state index < -0.39 is 5.91 Å². The van der Waals surface area contributed by atoms with Gasteiger partial charge in [0.2, 0.25) is 0 Å². The summed E-state index contributed by atoms with van der Waals surface area (Å²) in [6.07, 6.45) is 6.42. The van der Waals surface area contributed by atoms with E-state index in [4.69, 9.17) is 10.2 Å². The summed E-state index contributed by atoms with van der Waals surface area (Å²) in [5.74, 6) is -0.498. The largest absolute Gasteiger partial charge is 0.298 e. The van der Waals surface area contributed by atoms with Crippen molar-refractivity contribution in [2.75, 3.05) is 0 Å². The van der Waals surface area contributed by atoms with E-state index in [1.807, 2.05) is 43.5 Å². The number of amides is 1. The average molecular weight is 419 g/mol. The number of nitrogens with one attached hydrogen (secondary N) is 1. The first-order chi connectivity index (χ1) is 14.6. The Labute approximate surface area is 178 Å². The molecule has 3 heterocycles. The lowest BCUT2D eigenvalue weighted by Gasteiger charge is -2.27. The third kappa shape index (κ3) is 2.93. The van der Waals surface area contributed by atoms with Gasteiger partial charge in [-0.25, -0.2) is 15.4 Å². The summed E-state index contributed by atoms with van der Waals surface area (Å²) in [5, 5.41) is 12.1. The number of rotatable bonds is 4. The van der Waals surface area contributed by atoms with Gasteiger partial charge in [-0.1, -0.05) is 31.0 Å². The van der Waals surface area contributed by atoms with E-state index in [2.05, 4.69) is 14.8 Å². The first-order valence-corrected chi connectivity index (χ1v) is 11.0. The molecular weight excluding hydrogens is 396 g/mol. The molecule has 0 aliphatic heterocycles. The van der Waals surface area contributed by atoms with Gasteiger partial charge in [0.15, 0.2) is 0 Å². The average Bonchev–Trinajstić information content (AvgIpc) is 3.51. The zero-order chi connectivity index (χ0) is 20.7. The fraction of sp³-hybridized carbons (Fsp3) is 0.261. The summed E-state index contributed by atoms with van der Waals surface area (Å²) in [6, 6.07) is 13.5. The molecular formula is C23H22N4O2S. The number of fused-ring (bicyclic) bond motifs is 1. The van der Waals surface area contributed by atoms with Crippen LogP contribution in [0.25, 0.3) is 17.0 Å². The molecule has 0 saturated heterocycles. The van der Waals surface area contributed by atoms with E-state index in [0.717, 1.165) is 53.4 Å². The highest BCUT2D eigenvalue weighted by molar-refractivity contribution is 7.10. The Morgan fingerprint density at radius 3 is 2.63 bits per heavy atom. The predicted molar refractivity (Wildman–Crippen MR) is 116 cm³/mol. The van der Waals surface area contributed by atoms with Crippen LogP contribution in [0, 0.1) is 6.92 Å². The number of nitrogens with zero attached hydrogens (tertiary/aromatic N) is 3. The molecule has 6 nitrogen and oxygen atoms in total. The third-order valence-electron chi connectivity index (χ3n) is 6.12. The summed E-state index contributed by atoms with van der Waals surface area (Å²) in [4.78, 5) is 21.5. The SMILES string of the molecule is Cc1nc2ccccn2c1-c1csc(C2(c3ccc(C(=O)NO)cc3)CCCC2)n1. The van der Waals surface area contributed by atoms with Crippen molar-refractivity contribution in [3.05, 3.63) is 75.9 Å². The highest BCUT2D eigenvalue weighted by atomic mass is 32.1. The van der Waals surface area contributed by atoms with Crippen LogP contribution in [-0.2, 0) is 5.41 Å². The molecule has 1 amide bonds. The Morgan fingerprint density at radius 2 is 1.90 bits per heavy atom. The fourth-order valence-corrected chi connectivity index (χ4v) is 5.72. The highest BCUT2D eigenvalue weighted by Crippen LogP contribution is 2.48. The van der Waals surface area contributed by atoms with Crippen molar-refractivity contribution in [3.63, 3.8) is 0 Å². The molecule has 152 valence electrons. The molecule has 0 radical (unpaired) electrons. The van der Waals surface area contributed by atoms with Gasteiger partial charge < -0.3 is 0 Å². The molecule has 0 atom stereocenters. The minimum Gasteiger partial charge on any atom is -0.298 e. The lowest BCUT2D eigenvalue weighted by molar-refractivity contribution is 0.0706. The fourth-order valence-electron chi connectivity index (χ4n) is 4.63. The maximum atomic E-state index is 11.7. The summed E-state index contributed by atoms with van der Waals surface area (Å²) >= 11 is 1.70. The molecule has 2 N–H and O–H groups in total. The molecule has 1 aliphatic rings. The van der Waals surface area contributed by atoms with Crippen LogP contribution in [0.1, 0.15) is 52.3 Å². The number of aromatic nitrogens is 3. The van der Waals surface area contributed by atoms with Crippen molar-refractivity contribution in [1.82, 2.24) is 19.8 Å². The van der Waals surface area contributed by atoms with E-state index in [1.165, 1.54) is 5.56 Å². The molecule has 1 fully saturated rings. The van der Waals surface area contributed by atoms with Crippen LogP contribution in [0.15, 0.2) is 54.0 Å². The van der Waals surface area contributed by atoms with Crippen LogP contribution in [0.5, 0.6) is 0 Å². The van der Waals surface area contributed by atoms with E-state index >= 15 is 0 Å². The van der Waals surface area contributed by atoms with Crippen molar-refractivity contribution < 1.29 is 10.0 Å². The number of pyridine rings is 1. The van der Waals surface area contributed by atoms with Gasteiger partial charge in [-0.2, -0.15) is 0 Å². The standard InChI is InChI=1S/C23H22N4O2S/c1-15-20(27-13-5-2-6-19(27)24-15)18-14-30-22(25-18)23(11-3-4-12-23)17-9-7-16(8-10-17)21(28)26-29/h2,5-10,13-14,29H,3-4,11-12H2,1H3,(H,26,28). The Hall–Kier alpha value is -3.03. The molecule has 5 rings (SSSR count). The first kappa shape index (κ1) is 19.0. The molecule has 1 aromatic carbocycles. The number of hydroxylamine groups is 1. The first-order valence-electron chi connectivity index (χ1n) is 10.1. The van der Waals surface area contributed by atoms with Gasteiger partial charge in [-0.3, -0.25) is 14.4 Å². The second kappa shape index (κ2) is 7.34. The highest BCUT2D eigenvalue weighted by Gasteiger charge is 2.40. The Bertz CT molecular complexity index is 1220. The summed E-state index contributed by atoms with van der Waals surface area (Å²) in [6.45, 7) is 2.03. The molecule has 3 aromatic heterocycles. The van der Waals surface area contributed by atoms with Crippen molar-refractivity contribution in [3.8, 4) is 11.4 Å². The van der Waals surface area contributed by atoms with Crippen LogP contribution < -0.4 is 5.48 Å². The van der Waals surface area contributed by atoms with E-state index in [1.54, 1.807) is 28.9 Å². The summed E-state index contributed by atoms with van der Waals surface area (Å²) in [5.41, 5.74) is 7.06. The molecule has 30 heavy (non-hydrogen) atoms. The maximum absolute atomic E-state index is 11.7. The predicted octanol–water partition coefficient (Wildman–Crippen LogP) is 4.75. The molecule has 0 spiro atoms. The molecule has 0 bridgehead atoms. The minimum atomic E-state index is -0.498. The Morgan fingerprint density at radius 1 is 1.13 bits per heavy atom. The number of carbonyl (C=O) groups is 1. The van der Waals surface area contributed by atoms with Crippen LogP contribution in [-0.4, -0.2) is 25.5 Å². The van der Waals surface area contributed by atoms with Gasteiger partial charge in [0.1, 0.15) is 16.3 Å². The molecule has 7 heteroatoms. The topological polar surface area (TPSA) is 79.5 Å². The Kier molecular flexibility index (Phi) is 4.64. The minimum absolute atomic E-state index is 0.133. The van der Waals surface area contributed by atoms with Gasteiger partial charge in [-0.15, -0.1) is 11.3 Å². The van der Waals surface area contributed by atoms with Crippen LogP contribution >= 0.6 is 11.3 Å². The van der Waals surface area contributed by atoms with Crippen molar-refractivity contribution in [1.29, 1.82) is 0 Å².